The highest BCUT2D eigenvalue weighted by molar-refractivity contribution is 5.72. The fourth-order valence-corrected chi connectivity index (χ4v) is 1.59. The lowest BCUT2D eigenvalue weighted by Gasteiger charge is -2.22. The molecule has 2 N–H and O–H groups in total. The van der Waals surface area contributed by atoms with Gasteiger partial charge in [-0.25, -0.2) is 9.79 Å². The minimum atomic E-state index is -0.458. The maximum Gasteiger partial charge on any atom is 0.414 e. The zero-order valence-electron chi connectivity index (χ0n) is 12.0. The van der Waals surface area contributed by atoms with Crippen LogP contribution in [-0.4, -0.2) is 49.3 Å². The van der Waals surface area contributed by atoms with Crippen molar-refractivity contribution in [2.24, 2.45) is 10.7 Å². The van der Waals surface area contributed by atoms with Crippen molar-refractivity contribution in [3.05, 3.63) is 23.4 Å². The Morgan fingerprint density at radius 1 is 1.47 bits per heavy atom. The van der Waals surface area contributed by atoms with Crippen molar-refractivity contribution in [3.63, 3.8) is 0 Å². The van der Waals surface area contributed by atoms with Crippen molar-refractivity contribution in [1.29, 1.82) is 0 Å². The van der Waals surface area contributed by atoms with Gasteiger partial charge in [-0.1, -0.05) is 0 Å². The van der Waals surface area contributed by atoms with Crippen molar-refractivity contribution in [1.82, 2.24) is 9.80 Å². The maximum atomic E-state index is 11.6. The second kappa shape index (κ2) is 6.82. The van der Waals surface area contributed by atoms with Crippen LogP contribution in [0.15, 0.2) is 28.3 Å². The Bertz CT molecular complexity index is 420. The van der Waals surface area contributed by atoms with E-state index in [0.29, 0.717) is 12.2 Å². The molecule has 0 atom stereocenters. The quantitative estimate of drug-likeness (QED) is 0.837. The standard InChI is InChI=1S/C13H22N4O2/c1-5-17(6-2)9-10-7-8-15-12(14)11(10)19-13(18)16(3)4/h8-9H,5-7,14H2,1-4H3. The molecule has 1 amide bonds. The molecule has 0 aromatic carbocycles. The van der Waals surface area contributed by atoms with Gasteiger partial charge in [0.05, 0.1) is 0 Å². The van der Waals surface area contributed by atoms with E-state index >= 15 is 0 Å². The summed E-state index contributed by atoms with van der Waals surface area (Å²) in [5, 5.41) is 0. The number of amides is 1. The summed E-state index contributed by atoms with van der Waals surface area (Å²) in [6, 6.07) is 0. The Hall–Kier alpha value is -1.98. The number of ether oxygens (including phenoxy) is 1. The van der Waals surface area contributed by atoms with Gasteiger partial charge in [-0.3, -0.25) is 0 Å². The number of nitrogens with zero attached hydrogens (tertiary/aromatic N) is 3. The summed E-state index contributed by atoms with van der Waals surface area (Å²) in [5.41, 5.74) is 6.67. The maximum absolute atomic E-state index is 11.6. The first kappa shape index (κ1) is 15.1. The van der Waals surface area contributed by atoms with Crippen molar-refractivity contribution in [3.8, 4) is 0 Å². The number of rotatable bonds is 4. The van der Waals surface area contributed by atoms with E-state index in [1.165, 1.54) is 4.90 Å². The van der Waals surface area contributed by atoms with E-state index < -0.39 is 6.09 Å². The van der Waals surface area contributed by atoms with Gasteiger partial charge in [0.25, 0.3) is 0 Å². The van der Waals surface area contributed by atoms with Crippen LogP contribution >= 0.6 is 0 Å². The molecule has 0 aromatic rings. The summed E-state index contributed by atoms with van der Waals surface area (Å²) in [4.78, 5) is 19.1. The fraction of sp³-hybridized carbons (Fsp3) is 0.538. The lowest BCUT2D eigenvalue weighted by Crippen LogP contribution is -2.25. The lowest BCUT2D eigenvalue weighted by atomic mass is 10.1. The van der Waals surface area contributed by atoms with Crippen LogP contribution in [0, 0.1) is 0 Å². The highest BCUT2D eigenvalue weighted by Crippen LogP contribution is 2.22. The Labute approximate surface area is 114 Å². The smallest absolute Gasteiger partial charge is 0.406 e. The first-order valence-electron chi connectivity index (χ1n) is 6.36. The Morgan fingerprint density at radius 3 is 2.63 bits per heavy atom. The van der Waals surface area contributed by atoms with E-state index in [0.717, 1.165) is 18.7 Å². The lowest BCUT2D eigenvalue weighted by molar-refractivity contribution is 0.147. The average molecular weight is 266 g/mol. The fourth-order valence-electron chi connectivity index (χ4n) is 1.59. The molecule has 0 radical (unpaired) electrons. The van der Waals surface area contributed by atoms with Gasteiger partial charge in [-0.05, 0) is 13.8 Å². The second-order valence-electron chi connectivity index (χ2n) is 4.37. The highest BCUT2D eigenvalue weighted by atomic mass is 16.6. The molecule has 0 spiro atoms. The molecular formula is C13H22N4O2. The van der Waals surface area contributed by atoms with E-state index in [2.05, 4.69) is 23.7 Å². The molecule has 0 saturated carbocycles. The molecule has 6 nitrogen and oxygen atoms in total. The zero-order chi connectivity index (χ0) is 14.4. The van der Waals surface area contributed by atoms with Gasteiger partial charge in [-0.15, -0.1) is 0 Å². The monoisotopic (exact) mass is 266 g/mol. The van der Waals surface area contributed by atoms with Gasteiger partial charge in [0, 0.05) is 51.6 Å². The third kappa shape index (κ3) is 4.01. The normalized spacial score (nSPS) is 16.7. The highest BCUT2D eigenvalue weighted by Gasteiger charge is 2.20. The molecule has 0 aliphatic carbocycles. The number of carbonyl (C=O) groups excluding carboxylic acids is 1. The number of aliphatic imine (C=N–C) groups is 1. The van der Waals surface area contributed by atoms with E-state index in [1.54, 1.807) is 20.3 Å². The Balaban J connectivity index is 2.99. The van der Waals surface area contributed by atoms with E-state index in [4.69, 9.17) is 10.5 Å². The molecule has 1 aliphatic heterocycles. The molecule has 106 valence electrons. The van der Waals surface area contributed by atoms with Crippen LogP contribution in [0.1, 0.15) is 20.3 Å². The SMILES string of the molecule is CCN(C=C1CC=NC(N)=C1OC(=O)N(C)C)CC. The predicted octanol–water partition coefficient (Wildman–Crippen LogP) is 1.51. The summed E-state index contributed by atoms with van der Waals surface area (Å²) >= 11 is 0. The van der Waals surface area contributed by atoms with Crippen molar-refractivity contribution < 1.29 is 9.53 Å². The molecule has 1 heterocycles. The molecular weight excluding hydrogens is 244 g/mol. The number of hydrogen-bond donors (Lipinski definition) is 1. The number of allylic oxidation sites excluding steroid dienone is 1. The van der Waals surface area contributed by atoms with Gasteiger partial charge < -0.3 is 20.3 Å². The van der Waals surface area contributed by atoms with Gasteiger partial charge in [-0.2, -0.15) is 0 Å². The third-order valence-corrected chi connectivity index (χ3v) is 2.77. The van der Waals surface area contributed by atoms with Crippen LogP contribution in [0.2, 0.25) is 0 Å². The van der Waals surface area contributed by atoms with Crippen LogP contribution in [0.3, 0.4) is 0 Å². The molecule has 1 rings (SSSR count). The summed E-state index contributed by atoms with van der Waals surface area (Å²) in [5.74, 6) is 0.591. The third-order valence-electron chi connectivity index (χ3n) is 2.77. The van der Waals surface area contributed by atoms with Crippen molar-refractivity contribution >= 4 is 12.3 Å². The molecule has 1 aliphatic rings. The van der Waals surface area contributed by atoms with E-state index in [-0.39, 0.29) is 5.82 Å². The molecule has 0 bridgehead atoms. The molecule has 19 heavy (non-hydrogen) atoms. The molecule has 0 unspecified atom stereocenters. The topological polar surface area (TPSA) is 71.2 Å². The minimum Gasteiger partial charge on any atom is -0.406 e. The van der Waals surface area contributed by atoms with Crippen LogP contribution in [-0.2, 0) is 4.74 Å². The largest absolute Gasteiger partial charge is 0.414 e. The molecule has 0 fully saturated rings. The summed E-state index contributed by atoms with van der Waals surface area (Å²) in [6.45, 7) is 5.89. The van der Waals surface area contributed by atoms with E-state index in [9.17, 15) is 4.79 Å². The summed E-state index contributed by atoms with van der Waals surface area (Å²) < 4.78 is 5.30. The predicted molar refractivity (Wildman–Crippen MR) is 75.5 cm³/mol. The second-order valence-corrected chi connectivity index (χ2v) is 4.37. The Kier molecular flexibility index (Phi) is 5.41. The van der Waals surface area contributed by atoms with Crippen LogP contribution in [0.4, 0.5) is 4.79 Å². The zero-order valence-corrected chi connectivity index (χ0v) is 12.0. The summed E-state index contributed by atoms with van der Waals surface area (Å²) in [6.07, 6.45) is 3.84. The molecule has 0 aromatic heterocycles. The van der Waals surface area contributed by atoms with Gasteiger partial charge in [0.1, 0.15) is 0 Å². The van der Waals surface area contributed by atoms with Crippen LogP contribution < -0.4 is 5.73 Å². The number of carbonyl (C=O) groups is 1. The van der Waals surface area contributed by atoms with Gasteiger partial charge in [0.2, 0.25) is 0 Å². The first-order valence-corrected chi connectivity index (χ1v) is 6.36. The summed E-state index contributed by atoms with van der Waals surface area (Å²) in [7, 11) is 3.25. The van der Waals surface area contributed by atoms with Gasteiger partial charge >= 0.3 is 6.09 Å². The van der Waals surface area contributed by atoms with Gasteiger partial charge in [0.15, 0.2) is 11.6 Å². The van der Waals surface area contributed by atoms with Crippen LogP contribution in [0.25, 0.3) is 0 Å². The first-order chi connectivity index (χ1) is 8.99. The van der Waals surface area contributed by atoms with Crippen molar-refractivity contribution in [2.45, 2.75) is 20.3 Å². The average Bonchev–Trinajstić information content (AvgIpc) is 2.39. The molecule has 6 heteroatoms. The number of hydrogen-bond acceptors (Lipinski definition) is 5. The van der Waals surface area contributed by atoms with Crippen molar-refractivity contribution in [2.75, 3.05) is 27.2 Å². The number of nitrogens with two attached hydrogens (primary N) is 1. The van der Waals surface area contributed by atoms with Crippen LogP contribution in [0.5, 0.6) is 0 Å². The minimum absolute atomic E-state index is 0.236. The Morgan fingerprint density at radius 2 is 2.11 bits per heavy atom. The molecule has 0 saturated heterocycles. The van der Waals surface area contributed by atoms with E-state index in [1.807, 2.05) is 6.20 Å².